The summed E-state index contributed by atoms with van der Waals surface area (Å²) in [5.41, 5.74) is 0.858. The quantitative estimate of drug-likeness (QED) is 0.0939. The van der Waals surface area contributed by atoms with Gasteiger partial charge in [-0.3, -0.25) is 5.01 Å². The summed E-state index contributed by atoms with van der Waals surface area (Å²) in [6.07, 6.45) is 0.555. The highest BCUT2D eigenvalue weighted by atomic mass is 79.9. The molecule has 0 fully saturated rings. The van der Waals surface area contributed by atoms with E-state index in [-0.39, 0.29) is 5.82 Å². The molecule has 0 radical (unpaired) electrons. The molecule has 0 amide bonds. The zero-order valence-corrected chi connectivity index (χ0v) is 19.0. The minimum Gasteiger partial charge on any atom is -0.251 e. The fourth-order valence-electron chi connectivity index (χ4n) is 3.02. The Labute approximate surface area is 199 Å². The molecule has 0 aliphatic carbocycles. The summed E-state index contributed by atoms with van der Waals surface area (Å²) >= 11 is 3.37. The highest BCUT2D eigenvalue weighted by Gasteiger charge is 2.25. The van der Waals surface area contributed by atoms with Gasteiger partial charge in [-0.2, -0.15) is 5.10 Å². The van der Waals surface area contributed by atoms with Gasteiger partial charge < -0.3 is 0 Å². The van der Waals surface area contributed by atoms with E-state index in [1.54, 1.807) is 18.2 Å². The van der Waals surface area contributed by atoms with Crippen molar-refractivity contribution in [3.8, 4) is 22.6 Å². The molecule has 0 bridgehead atoms. The lowest BCUT2D eigenvalue weighted by atomic mass is 10.1. The van der Waals surface area contributed by atoms with E-state index < -0.39 is 34.6 Å². The molecule has 0 aliphatic rings. The summed E-state index contributed by atoms with van der Waals surface area (Å²) in [5, 5.41) is 5.00. The van der Waals surface area contributed by atoms with Crippen LogP contribution in [0.4, 0.5) is 27.8 Å². The van der Waals surface area contributed by atoms with Gasteiger partial charge in [-0.15, -0.1) is 0 Å². The lowest BCUT2D eigenvalue weighted by Gasteiger charge is -2.15. The third-order valence-corrected chi connectivity index (χ3v) is 5.35. The van der Waals surface area contributed by atoms with Gasteiger partial charge in [0.15, 0.2) is 34.9 Å². The van der Waals surface area contributed by atoms with Crippen molar-refractivity contribution in [2.45, 2.75) is 0 Å². The molecule has 10 heteroatoms. The van der Waals surface area contributed by atoms with Crippen LogP contribution in [0, 0.1) is 29.1 Å². The van der Waals surface area contributed by atoms with Crippen molar-refractivity contribution in [3.63, 3.8) is 0 Å². The van der Waals surface area contributed by atoms with Crippen molar-refractivity contribution < 1.29 is 22.0 Å². The Morgan fingerprint density at radius 2 is 1.35 bits per heavy atom. The Morgan fingerprint density at radius 1 is 0.765 bits per heavy atom. The van der Waals surface area contributed by atoms with Gasteiger partial charge in [-0.25, -0.2) is 31.9 Å². The van der Waals surface area contributed by atoms with E-state index in [1.165, 1.54) is 7.05 Å². The summed E-state index contributed by atoms with van der Waals surface area (Å²) in [5.74, 6) is -9.70. The van der Waals surface area contributed by atoms with Crippen molar-refractivity contribution in [3.05, 3.63) is 99.8 Å². The first-order chi connectivity index (χ1) is 16.3. The summed E-state index contributed by atoms with van der Waals surface area (Å²) in [4.78, 5) is 9.05. The zero-order valence-electron chi connectivity index (χ0n) is 17.4. The van der Waals surface area contributed by atoms with Gasteiger partial charge in [0.1, 0.15) is 0 Å². The van der Waals surface area contributed by atoms with E-state index >= 15 is 0 Å². The molecule has 0 unspecified atom stereocenters. The number of rotatable bonds is 5. The molecule has 3 aromatic carbocycles. The van der Waals surface area contributed by atoms with Crippen LogP contribution in [0.1, 0.15) is 5.56 Å². The lowest BCUT2D eigenvalue weighted by Crippen LogP contribution is -2.14. The topological polar surface area (TPSA) is 41.4 Å². The second-order valence-corrected chi connectivity index (χ2v) is 7.98. The van der Waals surface area contributed by atoms with Crippen LogP contribution in [0.5, 0.6) is 0 Å². The van der Waals surface area contributed by atoms with Crippen molar-refractivity contribution in [1.29, 1.82) is 0 Å². The number of aromatic nitrogens is 2. The number of hydrogen-bond acceptors (Lipinski definition) is 4. The number of anilines is 1. The smallest absolute Gasteiger partial charge is 0.200 e. The van der Waals surface area contributed by atoms with Gasteiger partial charge in [0, 0.05) is 28.7 Å². The maximum absolute atomic E-state index is 14.0. The summed E-state index contributed by atoms with van der Waals surface area (Å²) in [6, 6.07) is 18.0. The van der Waals surface area contributed by atoms with E-state index in [9.17, 15) is 22.0 Å². The third kappa shape index (κ3) is 4.67. The Balaban J connectivity index is 1.78. The summed E-state index contributed by atoms with van der Waals surface area (Å²) in [6.45, 7) is 0. The molecule has 0 N–H and O–H groups in total. The Kier molecular flexibility index (Phi) is 6.69. The highest BCUT2D eigenvalue weighted by Crippen LogP contribution is 2.27. The van der Waals surface area contributed by atoms with Crippen LogP contribution < -0.4 is 5.01 Å². The molecular weight excluding hydrogens is 519 g/mol. The molecule has 4 rings (SSSR count). The van der Waals surface area contributed by atoms with Crippen molar-refractivity contribution >= 4 is 28.0 Å². The third-order valence-electron chi connectivity index (χ3n) is 4.82. The van der Waals surface area contributed by atoms with Gasteiger partial charge in [-0.05, 0) is 12.1 Å². The molecule has 1 heterocycles. The average molecular weight is 533 g/mol. The van der Waals surface area contributed by atoms with Crippen LogP contribution in [0.2, 0.25) is 0 Å². The van der Waals surface area contributed by atoms with E-state index in [4.69, 9.17) is 0 Å². The summed E-state index contributed by atoms with van der Waals surface area (Å²) in [7, 11) is 1.42. The van der Waals surface area contributed by atoms with Gasteiger partial charge in [0.2, 0.25) is 5.82 Å². The normalized spacial score (nSPS) is 11.3. The van der Waals surface area contributed by atoms with E-state index in [2.05, 4.69) is 31.0 Å². The van der Waals surface area contributed by atoms with Crippen LogP contribution in [-0.2, 0) is 0 Å². The first-order valence-corrected chi connectivity index (χ1v) is 10.5. The number of hydrazone groups is 1. The molecule has 0 atom stereocenters. The lowest BCUT2D eigenvalue weighted by molar-refractivity contribution is 0.377. The van der Waals surface area contributed by atoms with E-state index in [1.807, 2.05) is 42.5 Å². The first-order valence-electron chi connectivity index (χ1n) is 9.76. The molecule has 0 aliphatic heterocycles. The average Bonchev–Trinajstić information content (AvgIpc) is 2.86. The molecular formula is C24H14BrF5N4. The Hall–Kier alpha value is -3.66. The van der Waals surface area contributed by atoms with E-state index in [0.29, 0.717) is 23.3 Å². The molecule has 0 saturated carbocycles. The Bertz CT molecular complexity index is 1350. The zero-order chi connectivity index (χ0) is 24.4. The molecule has 4 nitrogen and oxygen atoms in total. The van der Waals surface area contributed by atoms with Crippen LogP contribution in [0.25, 0.3) is 22.6 Å². The molecule has 1 aromatic heterocycles. The fourth-order valence-corrected chi connectivity index (χ4v) is 3.29. The second-order valence-electron chi connectivity index (χ2n) is 7.06. The molecule has 0 saturated heterocycles. The maximum atomic E-state index is 14.0. The monoisotopic (exact) mass is 532 g/mol. The predicted octanol–water partition coefficient (Wildman–Crippen LogP) is 6.74. The van der Waals surface area contributed by atoms with Gasteiger partial charge >= 0.3 is 0 Å². The van der Waals surface area contributed by atoms with Gasteiger partial charge in [0.25, 0.3) is 0 Å². The maximum Gasteiger partial charge on any atom is 0.200 e. The largest absolute Gasteiger partial charge is 0.251 e. The minimum atomic E-state index is -2.23. The fraction of sp³-hybridized carbons (Fsp3) is 0.0417. The van der Waals surface area contributed by atoms with Crippen molar-refractivity contribution in [1.82, 2.24) is 9.97 Å². The predicted molar refractivity (Wildman–Crippen MR) is 123 cm³/mol. The van der Waals surface area contributed by atoms with Crippen molar-refractivity contribution in [2.24, 2.45) is 5.10 Å². The van der Waals surface area contributed by atoms with Crippen LogP contribution in [0.3, 0.4) is 0 Å². The SMILES string of the molecule is CN(/N=C\c1c(F)c(F)c(F)c(F)c1F)c1cc(-c2ccccc2)nc(-c2ccc(Br)cc2)n1. The first kappa shape index (κ1) is 23.5. The second kappa shape index (κ2) is 9.68. The number of nitrogens with zero attached hydrogens (tertiary/aromatic N) is 4. The molecule has 172 valence electrons. The van der Waals surface area contributed by atoms with Crippen LogP contribution >= 0.6 is 15.9 Å². The van der Waals surface area contributed by atoms with Crippen LogP contribution in [0.15, 0.2) is 70.2 Å². The number of halogens is 6. The number of hydrogen-bond donors (Lipinski definition) is 0. The highest BCUT2D eigenvalue weighted by molar-refractivity contribution is 9.10. The summed E-state index contributed by atoms with van der Waals surface area (Å²) < 4.78 is 69.2. The number of benzene rings is 3. The van der Waals surface area contributed by atoms with Crippen LogP contribution in [-0.4, -0.2) is 23.2 Å². The minimum absolute atomic E-state index is 0.229. The van der Waals surface area contributed by atoms with Crippen molar-refractivity contribution in [2.75, 3.05) is 12.1 Å². The molecule has 0 spiro atoms. The van der Waals surface area contributed by atoms with E-state index in [0.717, 1.165) is 15.0 Å². The standard InChI is InChI=1S/C24H14BrF5N4/c1-34(31-12-16-19(26)21(28)23(30)22(29)20(16)27)18-11-17(13-5-3-2-4-6-13)32-24(33-18)14-7-9-15(25)10-8-14/h2-12H,1H3/b31-12-. The Morgan fingerprint density at radius 3 is 1.97 bits per heavy atom. The molecule has 34 heavy (non-hydrogen) atoms. The van der Waals surface area contributed by atoms with Gasteiger partial charge in [-0.1, -0.05) is 58.4 Å². The molecule has 4 aromatic rings. The van der Waals surface area contributed by atoms with Gasteiger partial charge in [0.05, 0.1) is 17.5 Å².